The zero-order valence-corrected chi connectivity index (χ0v) is 22.4. The van der Waals surface area contributed by atoms with E-state index < -0.39 is 6.04 Å². The molecule has 0 aromatic carbocycles. The number of nitrogens with zero attached hydrogens (tertiary/aromatic N) is 3. The maximum atomic E-state index is 13.2. The van der Waals surface area contributed by atoms with Crippen LogP contribution >= 0.6 is 27.3 Å². The highest BCUT2D eigenvalue weighted by Crippen LogP contribution is 2.34. The number of pyridine rings is 1. The molecule has 0 bridgehead atoms. The number of anilines is 1. The summed E-state index contributed by atoms with van der Waals surface area (Å²) < 4.78 is 6.55. The number of ether oxygens (including phenoxy) is 1. The van der Waals surface area contributed by atoms with Crippen LogP contribution in [0.25, 0.3) is 0 Å². The van der Waals surface area contributed by atoms with Crippen molar-refractivity contribution >= 4 is 51.5 Å². The number of thiophene rings is 1. The Morgan fingerprint density at radius 2 is 2.17 bits per heavy atom. The molecular weight excluding hydrogens is 542 g/mol. The fourth-order valence-corrected chi connectivity index (χ4v) is 5.81. The van der Waals surface area contributed by atoms with Gasteiger partial charge in [0.2, 0.25) is 11.8 Å². The van der Waals surface area contributed by atoms with Gasteiger partial charge in [0.05, 0.1) is 23.7 Å². The van der Waals surface area contributed by atoms with E-state index in [1.807, 2.05) is 18.2 Å². The van der Waals surface area contributed by atoms with Crippen molar-refractivity contribution in [3.05, 3.63) is 63.2 Å². The predicted molar refractivity (Wildman–Crippen MR) is 147 cm³/mol. The number of aromatic nitrogens is 1. The summed E-state index contributed by atoms with van der Waals surface area (Å²) in [4.78, 5) is 38.1. The lowest BCUT2D eigenvalue weighted by molar-refractivity contribution is -0.122. The third kappa shape index (κ3) is 6.61. The molecule has 0 spiro atoms. The Kier molecular flexibility index (Phi) is 8.93. The zero-order valence-electron chi connectivity index (χ0n) is 20.0. The van der Waals surface area contributed by atoms with Crippen LogP contribution in [0.1, 0.15) is 46.7 Å². The van der Waals surface area contributed by atoms with Crippen LogP contribution in [-0.2, 0) is 11.3 Å². The summed E-state index contributed by atoms with van der Waals surface area (Å²) in [6.07, 6.45) is 9.74. The third-order valence-electron chi connectivity index (χ3n) is 6.36. The fourth-order valence-electron chi connectivity index (χ4n) is 4.57. The van der Waals surface area contributed by atoms with Gasteiger partial charge >= 0.3 is 0 Å². The summed E-state index contributed by atoms with van der Waals surface area (Å²) in [6, 6.07) is 5.12. The first-order valence-corrected chi connectivity index (χ1v) is 13.6. The summed E-state index contributed by atoms with van der Waals surface area (Å²) in [5, 5.41) is 5.78. The van der Waals surface area contributed by atoms with Crippen LogP contribution in [0.5, 0.6) is 5.88 Å². The molecule has 190 valence electrons. The second-order valence-electron chi connectivity index (χ2n) is 8.89. The average Bonchev–Trinajstić information content (AvgIpc) is 3.56. The number of hydrogen-bond donors (Lipinski definition) is 2. The summed E-state index contributed by atoms with van der Waals surface area (Å²) >= 11 is 4.90. The molecule has 1 aliphatic carbocycles. The third-order valence-corrected chi connectivity index (χ3v) is 7.86. The van der Waals surface area contributed by atoms with Crippen molar-refractivity contribution in [3.63, 3.8) is 0 Å². The molecule has 0 radical (unpaired) electrons. The molecule has 10 heteroatoms. The molecule has 1 saturated carbocycles. The number of carbonyl (C=O) groups excluding carboxylic acids is 2. The van der Waals surface area contributed by atoms with Crippen LogP contribution in [0.15, 0.2) is 58.4 Å². The number of hydrogen-bond acceptors (Lipinski definition) is 7. The average molecular weight is 573 g/mol. The topological polar surface area (TPSA) is 95.9 Å². The van der Waals surface area contributed by atoms with Gasteiger partial charge in [0, 0.05) is 21.7 Å². The standard InChI is InChI=1S/C26H30BrN5O3S/c1-3-19(15-28-2)30-24(33)21(12-17-6-4-5-7-17)31-25(34)23-9-8-20(36-23)16-32-10-11-35-26-22(32)13-18(27)14-29-26/h3,8-9,13-15,17,21H,1-2,4-7,10-12,16H2,(H,30,33)(H,31,34)/b19-15+. The maximum Gasteiger partial charge on any atom is 0.262 e. The van der Waals surface area contributed by atoms with Crippen molar-refractivity contribution in [3.8, 4) is 5.88 Å². The summed E-state index contributed by atoms with van der Waals surface area (Å²) in [5.74, 6) is 0.509. The van der Waals surface area contributed by atoms with E-state index in [1.54, 1.807) is 6.20 Å². The Morgan fingerprint density at radius 1 is 1.36 bits per heavy atom. The minimum Gasteiger partial charge on any atom is -0.474 e. The molecule has 4 rings (SSSR count). The summed E-state index contributed by atoms with van der Waals surface area (Å²) in [7, 11) is 0. The number of allylic oxidation sites excluding steroid dienone is 1. The van der Waals surface area contributed by atoms with E-state index in [1.165, 1.54) is 23.6 Å². The molecular formula is C26H30BrN5O3S. The molecule has 2 N–H and O–H groups in total. The molecule has 36 heavy (non-hydrogen) atoms. The smallest absolute Gasteiger partial charge is 0.262 e. The van der Waals surface area contributed by atoms with Crippen molar-refractivity contribution in [2.24, 2.45) is 10.9 Å². The molecule has 2 aromatic rings. The first-order valence-electron chi connectivity index (χ1n) is 12.0. The van der Waals surface area contributed by atoms with Crippen LogP contribution in [-0.4, -0.2) is 42.7 Å². The first-order chi connectivity index (χ1) is 17.5. The molecule has 1 aliphatic heterocycles. The molecule has 2 aromatic heterocycles. The van der Waals surface area contributed by atoms with E-state index in [9.17, 15) is 9.59 Å². The van der Waals surface area contributed by atoms with E-state index in [-0.39, 0.29) is 11.8 Å². The van der Waals surface area contributed by atoms with Gasteiger partial charge in [0.15, 0.2) is 0 Å². The van der Waals surface area contributed by atoms with Crippen LogP contribution in [0.4, 0.5) is 5.69 Å². The monoisotopic (exact) mass is 571 g/mol. The highest BCUT2D eigenvalue weighted by atomic mass is 79.9. The molecule has 1 atom stereocenters. The van der Waals surface area contributed by atoms with Gasteiger partial charge in [-0.15, -0.1) is 11.3 Å². The van der Waals surface area contributed by atoms with Crippen LogP contribution in [0, 0.1) is 5.92 Å². The van der Waals surface area contributed by atoms with Gasteiger partial charge in [-0.2, -0.15) is 0 Å². The van der Waals surface area contributed by atoms with Crippen LogP contribution in [0.3, 0.4) is 0 Å². The van der Waals surface area contributed by atoms with Gasteiger partial charge in [-0.3, -0.25) is 14.6 Å². The van der Waals surface area contributed by atoms with E-state index in [0.717, 1.165) is 47.3 Å². The Hall–Kier alpha value is -2.98. The number of amides is 2. The first kappa shape index (κ1) is 26.1. The Bertz CT molecular complexity index is 1160. The van der Waals surface area contributed by atoms with Crippen molar-refractivity contribution in [1.82, 2.24) is 15.6 Å². The number of nitrogens with one attached hydrogen (secondary N) is 2. The second-order valence-corrected chi connectivity index (χ2v) is 11.0. The van der Waals surface area contributed by atoms with Crippen LogP contribution < -0.4 is 20.3 Å². The van der Waals surface area contributed by atoms with Crippen LogP contribution in [0.2, 0.25) is 0 Å². The Labute approximate surface area is 223 Å². The number of rotatable bonds is 10. The SMILES string of the molecule is C=C/C(=C\N=C)NC(=O)C(CC1CCCC1)NC(=O)c1ccc(CN2CCOc3ncc(Br)cc32)s1. The molecule has 3 heterocycles. The highest BCUT2D eigenvalue weighted by molar-refractivity contribution is 9.10. The fraction of sp³-hybridized carbons (Fsp3) is 0.385. The van der Waals surface area contributed by atoms with Gasteiger partial charge in [-0.05, 0) is 59.3 Å². The van der Waals surface area contributed by atoms with Gasteiger partial charge in [0.25, 0.3) is 5.91 Å². The lowest BCUT2D eigenvalue weighted by Crippen LogP contribution is -2.47. The number of fused-ring (bicyclic) bond motifs is 1. The van der Waals surface area contributed by atoms with Gasteiger partial charge in [-0.1, -0.05) is 32.3 Å². The maximum absolute atomic E-state index is 13.2. The van der Waals surface area contributed by atoms with Gasteiger partial charge in [0.1, 0.15) is 18.3 Å². The highest BCUT2D eigenvalue weighted by Gasteiger charge is 2.28. The molecule has 2 aliphatic rings. The van der Waals surface area contributed by atoms with E-state index in [4.69, 9.17) is 4.74 Å². The summed E-state index contributed by atoms with van der Waals surface area (Å²) in [5.41, 5.74) is 1.37. The Balaban J connectivity index is 1.44. The van der Waals surface area contributed by atoms with Gasteiger partial charge in [-0.25, -0.2) is 4.98 Å². The summed E-state index contributed by atoms with van der Waals surface area (Å²) in [6.45, 7) is 9.05. The van der Waals surface area contributed by atoms with E-state index in [2.05, 4.69) is 54.7 Å². The molecule has 1 fully saturated rings. The molecule has 8 nitrogen and oxygen atoms in total. The molecule has 1 unspecified atom stereocenters. The van der Waals surface area contributed by atoms with E-state index >= 15 is 0 Å². The van der Waals surface area contributed by atoms with Crippen molar-refractivity contribution in [2.45, 2.75) is 44.7 Å². The number of aliphatic imine (C=N–C) groups is 1. The normalized spacial score (nSPS) is 16.6. The zero-order chi connectivity index (χ0) is 25.5. The quantitative estimate of drug-likeness (QED) is 0.314. The van der Waals surface area contributed by atoms with Crippen molar-refractivity contribution in [1.29, 1.82) is 0 Å². The number of carbonyl (C=O) groups is 2. The van der Waals surface area contributed by atoms with Crippen molar-refractivity contribution < 1.29 is 14.3 Å². The second kappa shape index (κ2) is 12.3. The van der Waals surface area contributed by atoms with E-state index in [0.29, 0.717) is 41.9 Å². The predicted octanol–water partition coefficient (Wildman–Crippen LogP) is 4.83. The van der Waals surface area contributed by atoms with Crippen molar-refractivity contribution in [2.75, 3.05) is 18.1 Å². The lowest BCUT2D eigenvalue weighted by Gasteiger charge is -2.30. The largest absolute Gasteiger partial charge is 0.474 e. The minimum absolute atomic E-state index is 0.248. The van der Waals surface area contributed by atoms with Gasteiger partial charge < -0.3 is 20.3 Å². The number of halogens is 1. The Morgan fingerprint density at radius 3 is 2.92 bits per heavy atom. The molecule has 0 saturated heterocycles. The minimum atomic E-state index is -0.645. The lowest BCUT2D eigenvalue weighted by atomic mass is 9.97. The molecule has 2 amide bonds.